The van der Waals surface area contributed by atoms with Crippen molar-refractivity contribution in [3.63, 3.8) is 0 Å². The average molecular weight is 425 g/mol. The van der Waals surface area contributed by atoms with E-state index >= 15 is 0 Å². The molecule has 0 bridgehead atoms. The molecule has 1 aliphatic heterocycles. The molecule has 1 amide bonds. The van der Waals surface area contributed by atoms with E-state index in [-0.39, 0.29) is 16.6 Å². The average Bonchev–Trinajstić information content (AvgIpc) is 3.07. The lowest BCUT2D eigenvalue weighted by atomic mass is 10.0. The number of carbonyl (C=O) groups excluding carboxylic acids is 1. The van der Waals surface area contributed by atoms with Crippen LogP contribution in [0.4, 0.5) is 5.69 Å². The van der Waals surface area contributed by atoms with Gasteiger partial charge in [-0.3, -0.25) is 4.79 Å². The fourth-order valence-electron chi connectivity index (χ4n) is 3.06. The highest BCUT2D eigenvalue weighted by Crippen LogP contribution is 2.24. The number of carbonyl (C=O) groups is 1. The standard InChI is InChI=1S/C18H24N4O4S2/c1-13-4-3-9-22(10-13)28(24,25)16-7-5-15(6-8-16)20-18(23)12-27-11-17-19-14(2)26-21-17/h5-8,13H,3-4,9-12H2,1-2H3,(H,20,23). The first-order valence-corrected chi connectivity index (χ1v) is 11.7. The van der Waals surface area contributed by atoms with Gasteiger partial charge in [0.05, 0.1) is 16.4 Å². The van der Waals surface area contributed by atoms with Gasteiger partial charge < -0.3 is 9.84 Å². The maximum atomic E-state index is 12.8. The summed E-state index contributed by atoms with van der Waals surface area (Å²) in [6.07, 6.45) is 1.94. The second kappa shape index (κ2) is 9.06. The van der Waals surface area contributed by atoms with Crippen molar-refractivity contribution >= 4 is 33.4 Å². The molecule has 28 heavy (non-hydrogen) atoms. The first-order valence-electron chi connectivity index (χ1n) is 9.11. The number of rotatable bonds is 7. The van der Waals surface area contributed by atoms with E-state index < -0.39 is 10.0 Å². The third kappa shape index (κ3) is 5.33. The van der Waals surface area contributed by atoms with E-state index in [1.807, 2.05) is 0 Å². The molecule has 0 saturated carbocycles. The largest absolute Gasteiger partial charge is 0.340 e. The van der Waals surface area contributed by atoms with Crippen LogP contribution < -0.4 is 5.32 Å². The van der Waals surface area contributed by atoms with Crippen LogP contribution in [0.15, 0.2) is 33.7 Å². The zero-order chi connectivity index (χ0) is 20.1. The van der Waals surface area contributed by atoms with E-state index in [0.717, 1.165) is 12.8 Å². The molecule has 1 fully saturated rings. The van der Waals surface area contributed by atoms with Gasteiger partial charge in [-0.2, -0.15) is 9.29 Å². The molecule has 0 spiro atoms. The van der Waals surface area contributed by atoms with Gasteiger partial charge in [-0.05, 0) is 43.0 Å². The monoisotopic (exact) mass is 424 g/mol. The molecule has 1 N–H and O–H groups in total. The third-order valence-electron chi connectivity index (χ3n) is 4.43. The summed E-state index contributed by atoms with van der Waals surface area (Å²) in [6, 6.07) is 6.32. The number of nitrogens with zero attached hydrogens (tertiary/aromatic N) is 3. The topological polar surface area (TPSA) is 105 Å². The van der Waals surface area contributed by atoms with Gasteiger partial charge in [-0.1, -0.05) is 12.1 Å². The first-order chi connectivity index (χ1) is 13.3. The smallest absolute Gasteiger partial charge is 0.243 e. The summed E-state index contributed by atoms with van der Waals surface area (Å²) in [5.74, 6) is 1.96. The Balaban J connectivity index is 1.52. The number of amides is 1. The Morgan fingerprint density at radius 2 is 2.11 bits per heavy atom. The molecule has 152 valence electrons. The number of anilines is 1. The van der Waals surface area contributed by atoms with Gasteiger partial charge in [0.1, 0.15) is 0 Å². The van der Waals surface area contributed by atoms with Crippen molar-refractivity contribution in [2.45, 2.75) is 37.3 Å². The quantitative estimate of drug-likeness (QED) is 0.728. The Hall–Kier alpha value is -1.91. The van der Waals surface area contributed by atoms with Crippen LogP contribution >= 0.6 is 11.8 Å². The summed E-state index contributed by atoms with van der Waals surface area (Å²) in [5.41, 5.74) is 0.562. The lowest BCUT2D eigenvalue weighted by Crippen LogP contribution is -2.39. The Bertz CT molecular complexity index is 912. The molecule has 0 radical (unpaired) electrons. The molecule has 1 aliphatic rings. The molecule has 1 aromatic carbocycles. The number of sulfonamides is 1. The second-order valence-electron chi connectivity index (χ2n) is 6.91. The minimum Gasteiger partial charge on any atom is -0.340 e. The number of aryl methyl sites for hydroxylation is 1. The summed E-state index contributed by atoms with van der Waals surface area (Å²) in [4.78, 5) is 16.4. The summed E-state index contributed by atoms with van der Waals surface area (Å²) in [6.45, 7) is 4.89. The van der Waals surface area contributed by atoms with Crippen LogP contribution in [0, 0.1) is 12.8 Å². The molecular formula is C18H24N4O4S2. The maximum absolute atomic E-state index is 12.8. The normalized spacial score (nSPS) is 18.1. The van der Waals surface area contributed by atoms with E-state index in [2.05, 4.69) is 22.4 Å². The lowest BCUT2D eigenvalue weighted by molar-refractivity contribution is -0.113. The summed E-state index contributed by atoms with van der Waals surface area (Å²) in [5, 5.41) is 6.54. The molecule has 10 heteroatoms. The van der Waals surface area contributed by atoms with Crippen molar-refractivity contribution in [1.29, 1.82) is 0 Å². The molecule has 1 unspecified atom stereocenters. The summed E-state index contributed by atoms with van der Waals surface area (Å²) < 4.78 is 31.9. The number of piperidine rings is 1. The van der Waals surface area contributed by atoms with E-state index in [9.17, 15) is 13.2 Å². The van der Waals surface area contributed by atoms with Crippen LogP contribution in [0.1, 0.15) is 31.5 Å². The molecule has 3 rings (SSSR count). The Morgan fingerprint density at radius 3 is 2.75 bits per heavy atom. The zero-order valence-corrected chi connectivity index (χ0v) is 17.6. The van der Waals surface area contributed by atoms with Gasteiger partial charge in [0.2, 0.25) is 21.8 Å². The first kappa shape index (κ1) is 20.8. The number of aromatic nitrogens is 2. The van der Waals surface area contributed by atoms with E-state index in [4.69, 9.17) is 4.52 Å². The fourth-order valence-corrected chi connectivity index (χ4v) is 5.31. The number of benzene rings is 1. The number of hydrogen-bond donors (Lipinski definition) is 1. The van der Waals surface area contributed by atoms with Gasteiger partial charge in [0.15, 0.2) is 5.82 Å². The molecule has 2 aromatic rings. The van der Waals surface area contributed by atoms with Gasteiger partial charge in [-0.15, -0.1) is 11.8 Å². The van der Waals surface area contributed by atoms with Crippen molar-refractivity contribution in [2.24, 2.45) is 5.92 Å². The highest BCUT2D eigenvalue weighted by Gasteiger charge is 2.28. The minimum atomic E-state index is -3.49. The minimum absolute atomic E-state index is 0.175. The van der Waals surface area contributed by atoms with Gasteiger partial charge in [0, 0.05) is 25.7 Å². The highest BCUT2D eigenvalue weighted by atomic mass is 32.2. The molecular weight excluding hydrogens is 400 g/mol. The zero-order valence-electron chi connectivity index (χ0n) is 15.9. The summed E-state index contributed by atoms with van der Waals surface area (Å²) >= 11 is 1.37. The van der Waals surface area contributed by atoms with E-state index in [0.29, 0.717) is 42.2 Å². The van der Waals surface area contributed by atoms with E-state index in [1.165, 1.54) is 11.8 Å². The van der Waals surface area contributed by atoms with Gasteiger partial charge >= 0.3 is 0 Å². The molecule has 2 heterocycles. The predicted octanol–water partition coefficient (Wildman–Crippen LogP) is 2.67. The van der Waals surface area contributed by atoms with Gasteiger partial charge in [-0.25, -0.2) is 8.42 Å². The summed E-state index contributed by atoms with van der Waals surface area (Å²) in [7, 11) is -3.49. The van der Waals surface area contributed by atoms with E-state index in [1.54, 1.807) is 35.5 Å². The second-order valence-corrected chi connectivity index (χ2v) is 9.83. The van der Waals surface area contributed by atoms with Crippen LogP contribution in [0.3, 0.4) is 0 Å². The van der Waals surface area contributed by atoms with Crippen LogP contribution in [-0.2, 0) is 20.6 Å². The molecule has 0 aliphatic carbocycles. The van der Waals surface area contributed by atoms with Crippen molar-refractivity contribution in [1.82, 2.24) is 14.4 Å². The molecule has 1 saturated heterocycles. The molecule has 1 atom stereocenters. The van der Waals surface area contributed by atoms with Crippen molar-refractivity contribution in [2.75, 3.05) is 24.2 Å². The Morgan fingerprint density at radius 1 is 1.36 bits per heavy atom. The Kier molecular flexibility index (Phi) is 6.73. The fraction of sp³-hybridized carbons (Fsp3) is 0.500. The number of hydrogen-bond acceptors (Lipinski definition) is 7. The van der Waals surface area contributed by atoms with Crippen LogP contribution in [0.5, 0.6) is 0 Å². The number of thioether (sulfide) groups is 1. The van der Waals surface area contributed by atoms with Crippen molar-refractivity contribution in [3.05, 3.63) is 36.0 Å². The van der Waals surface area contributed by atoms with Crippen LogP contribution in [0.2, 0.25) is 0 Å². The third-order valence-corrected chi connectivity index (χ3v) is 7.24. The number of nitrogens with one attached hydrogen (secondary N) is 1. The predicted molar refractivity (Wildman–Crippen MR) is 107 cm³/mol. The highest BCUT2D eigenvalue weighted by molar-refractivity contribution is 7.99. The molecule has 8 nitrogen and oxygen atoms in total. The maximum Gasteiger partial charge on any atom is 0.243 e. The lowest BCUT2D eigenvalue weighted by Gasteiger charge is -2.30. The van der Waals surface area contributed by atoms with Gasteiger partial charge in [0.25, 0.3) is 0 Å². The van der Waals surface area contributed by atoms with Crippen molar-refractivity contribution < 1.29 is 17.7 Å². The Labute approximate surface area is 169 Å². The SMILES string of the molecule is Cc1nc(CSCC(=O)Nc2ccc(S(=O)(=O)N3CCCC(C)C3)cc2)no1. The van der Waals surface area contributed by atoms with Crippen LogP contribution in [0.25, 0.3) is 0 Å². The molecule has 1 aromatic heterocycles. The van der Waals surface area contributed by atoms with Crippen LogP contribution in [-0.4, -0.2) is 47.6 Å². The van der Waals surface area contributed by atoms with Crippen molar-refractivity contribution in [3.8, 4) is 0 Å².